The van der Waals surface area contributed by atoms with Crippen molar-refractivity contribution in [1.82, 2.24) is 29.9 Å². The van der Waals surface area contributed by atoms with Crippen LogP contribution >= 0.6 is 0 Å². The van der Waals surface area contributed by atoms with Gasteiger partial charge in [0.25, 0.3) is 0 Å². The second kappa shape index (κ2) is 36.6. The molecule has 0 saturated heterocycles. The minimum Gasteiger partial charge on any atom is -0.744 e. The third kappa shape index (κ3) is 25.9. The van der Waals surface area contributed by atoms with E-state index in [1.165, 1.54) is 47.1 Å². The Kier molecular flexibility index (Phi) is 34.9. The molecule has 0 atom stereocenters. The molecule has 2 heterocycles. The summed E-state index contributed by atoms with van der Waals surface area (Å²) in [6, 6.07) is 24.5. The van der Waals surface area contributed by atoms with Gasteiger partial charge in [-0.1, -0.05) is 30.8 Å². The summed E-state index contributed by atoms with van der Waals surface area (Å²) >= 11 is 0. The van der Waals surface area contributed by atoms with Crippen LogP contribution < -0.4 is 149 Å². The van der Waals surface area contributed by atoms with Crippen LogP contribution in [-0.4, -0.2) is 154 Å². The van der Waals surface area contributed by atoms with Crippen LogP contribution in [0.15, 0.2) is 82.6 Å². The predicted octanol–water partition coefficient (Wildman–Crippen LogP) is -11.2. The number of hydrogen-bond acceptors (Lipinski definition) is 28. The molecule has 2 aromatic heterocycles. The molecule has 0 aliphatic heterocycles. The van der Waals surface area contributed by atoms with Crippen molar-refractivity contribution in [3.05, 3.63) is 107 Å². The van der Waals surface area contributed by atoms with Gasteiger partial charge in [-0.05, 0) is 48.0 Å². The molecule has 0 saturated carbocycles. The molecule has 36 heteroatoms. The van der Waals surface area contributed by atoms with E-state index in [4.69, 9.17) is 25.3 Å². The fraction of sp³-hybridized carbons (Fsp3) is 0.238. The first kappa shape index (κ1) is 74.3. The summed E-state index contributed by atoms with van der Waals surface area (Å²) in [6.45, 7) is 2.55. The number of anilines is 10. The maximum atomic E-state index is 12.6. The van der Waals surface area contributed by atoms with Crippen LogP contribution in [-0.2, 0) is 41.5 Å². The van der Waals surface area contributed by atoms with E-state index in [0.717, 1.165) is 17.7 Å². The molecule has 6 rings (SSSR count). The van der Waals surface area contributed by atoms with Crippen molar-refractivity contribution >= 4 is 112 Å². The molecular weight excluding hydrogens is 1150 g/mol. The summed E-state index contributed by atoms with van der Waals surface area (Å²) in [4.78, 5) is 28.5. The molecule has 0 bridgehead atoms. The fourth-order valence-electron chi connectivity index (χ4n) is 6.15. The Morgan fingerprint density at radius 3 is 1.23 bits per heavy atom. The number of benzene rings is 4. The Morgan fingerprint density at radius 1 is 0.513 bits per heavy atom. The number of aliphatic hydroxyl groups is 4. The Labute approximate surface area is 539 Å². The van der Waals surface area contributed by atoms with E-state index in [2.05, 4.69) is 63.3 Å². The van der Waals surface area contributed by atoms with Gasteiger partial charge in [-0.2, -0.15) is 59.2 Å². The maximum Gasteiger partial charge on any atom is 1.00 e. The van der Waals surface area contributed by atoms with E-state index in [1.807, 2.05) is 13.0 Å². The molecular formula is C42H44N12Na4O16S4. The zero-order chi connectivity index (χ0) is 54.6. The van der Waals surface area contributed by atoms with Gasteiger partial charge in [0, 0.05) is 37.6 Å². The van der Waals surface area contributed by atoms with Crippen LogP contribution in [0, 0.1) is 26.0 Å². The second-order valence-electron chi connectivity index (χ2n) is 14.6. The molecule has 78 heavy (non-hydrogen) atoms. The number of hydrogen-bond donors (Lipinski definition) is 8. The van der Waals surface area contributed by atoms with Crippen molar-refractivity contribution < 1.29 is 190 Å². The van der Waals surface area contributed by atoms with Crippen molar-refractivity contribution in [1.29, 1.82) is 0 Å². The first-order valence-electron chi connectivity index (χ1n) is 20.9. The number of aryl methyl sites for hydroxylation is 2. The van der Waals surface area contributed by atoms with Crippen molar-refractivity contribution in [2.24, 2.45) is 0 Å². The van der Waals surface area contributed by atoms with E-state index >= 15 is 0 Å². The van der Waals surface area contributed by atoms with Gasteiger partial charge < -0.3 is 60.6 Å². The SMILES string of the molecule is Cc1[c-]cc(Nc2nc(Nc3ccc(/C=C/c4[c-]cc(Nc5nc(Nc6ccc(C)c(S(=O)(=O)[O-])c6)nc(N(CCO)CCO)n5)cc4)c(S(=O)(=O)[O-])c3)nc(N(CCO)CCO)n2)cc1.O=S(=O)=O.O=S(=O)=O.[Na+].[Na+].[Na+].[Na+]. The summed E-state index contributed by atoms with van der Waals surface area (Å²) < 4.78 is 124. The van der Waals surface area contributed by atoms with Crippen molar-refractivity contribution in [3.63, 3.8) is 0 Å². The molecule has 6 aromatic rings. The van der Waals surface area contributed by atoms with Crippen LogP contribution in [0.25, 0.3) is 12.2 Å². The maximum absolute atomic E-state index is 12.6. The van der Waals surface area contributed by atoms with Crippen LogP contribution in [0.1, 0.15) is 22.3 Å². The first-order chi connectivity index (χ1) is 35.0. The van der Waals surface area contributed by atoms with Crippen molar-refractivity contribution in [3.8, 4) is 0 Å². The first-order valence-corrected chi connectivity index (χ1v) is 25.7. The Balaban J connectivity index is 0.00000462. The third-order valence-electron chi connectivity index (χ3n) is 9.30. The van der Waals surface area contributed by atoms with E-state index in [1.54, 1.807) is 36.4 Å². The van der Waals surface area contributed by atoms with Crippen LogP contribution in [0.2, 0.25) is 0 Å². The molecule has 0 fully saturated rings. The van der Waals surface area contributed by atoms with Crippen LogP contribution in [0.3, 0.4) is 0 Å². The summed E-state index contributed by atoms with van der Waals surface area (Å²) in [5.74, 6) is 0.145. The van der Waals surface area contributed by atoms with Crippen LogP contribution in [0.4, 0.5) is 58.4 Å². The molecule has 0 aliphatic rings. The Morgan fingerprint density at radius 2 is 0.872 bits per heavy atom. The number of nitrogens with one attached hydrogen (secondary N) is 4. The number of aliphatic hydroxyl groups excluding tert-OH is 4. The summed E-state index contributed by atoms with van der Waals surface area (Å²) in [6.07, 6.45) is 2.97. The molecule has 0 aliphatic carbocycles. The zero-order valence-electron chi connectivity index (χ0n) is 42.6. The predicted molar refractivity (Wildman–Crippen MR) is 263 cm³/mol. The number of rotatable bonds is 22. The van der Waals surface area contributed by atoms with Gasteiger partial charge in [-0.3, -0.25) is 0 Å². The van der Waals surface area contributed by atoms with Crippen LogP contribution in [0.5, 0.6) is 0 Å². The minimum absolute atomic E-state index is 0. The molecule has 4 aromatic carbocycles. The monoisotopic (exact) mass is 1190 g/mol. The topological polar surface area (TPSA) is 430 Å². The Hall–Kier alpha value is -3.66. The zero-order valence-corrected chi connectivity index (χ0v) is 53.9. The second-order valence-corrected chi connectivity index (χ2v) is 18.1. The van der Waals surface area contributed by atoms with Gasteiger partial charge in [0.2, 0.25) is 35.7 Å². The van der Waals surface area contributed by atoms with Crippen molar-refractivity contribution in [2.45, 2.75) is 23.6 Å². The average molecular weight is 1190 g/mol. The minimum atomic E-state index is -5.02. The quantitative estimate of drug-likeness (QED) is 0.0135. The summed E-state index contributed by atoms with van der Waals surface area (Å²) in [5.41, 5.74) is 3.10. The van der Waals surface area contributed by atoms with Gasteiger partial charge in [0.05, 0.1) is 36.2 Å². The fourth-order valence-corrected chi connectivity index (χ4v) is 7.58. The number of aromatic nitrogens is 6. The number of nitrogens with zero attached hydrogens (tertiary/aromatic N) is 8. The molecule has 28 nitrogen and oxygen atoms in total. The molecule has 0 radical (unpaired) electrons. The van der Waals surface area contributed by atoms with E-state index in [-0.39, 0.29) is 229 Å². The normalized spacial score (nSPS) is 10.5. The summed E-state index contributed by atoms with van der Waals surface area (Å²) in [5, 5.41) is 50.4. The van der Waals surface area contributed by atoms with Gasteiger partial charge in [0.1, 0.15) is 20.2 Å². The molecule has 0 amide bonds. The van der Waals surface area contributed by atoms with Crippen molar-refractivity contribution in [2.75, 3.05) is 83.7 Å². The molecule has 0 unspecified atom stereocenters. The van der Waals surface area contributed by atoms with Gasteiger partial charge in [-0.15, -0.1) is 61.7 Å². The Bertz CT molecular complexity index is 3330. The standard InChI is InChI=1S/C42H46N12O10S2.4Na.2O3S/c1-27-3-11-31(12-4-27)43-37-47-40(52-41(49-37)53(17-21-55)18-22-56)46-34-16-10-30(36(26-34)66(62,63)64)9-6-29-7-14-32(15-8-29)44-38-48-39(51-42(50-38)54(19-23-57)20-24-58)45-33-13-5-28(2)35(25-33)65(59,60)61;;;;;2*1-4(2)3/h3,5-7,9-16,25-26,55-58H,17-24H2,1-2H3,(H,59,60,61)(H,62,63,64)(H2,43,46,47,49,52)(H2,44,45,48,50,51);;;;;;/q-2;4*+1;;/p-2/b9-6+;;;;;;. The molecule has 396 valence electrons. The average Bonchev–Trinajstić information content (AvgIpc) is 3.31. The van der Waals surface area contributed by atoms with Gasteiger partial charge in [0.15, 0.2) is 0 Å². The van der Waals surface area contributed by atoms with E-state index < -0.39 is 51.2 Å². The van der Waals surface area contributed by atoms with Gasteiger partial charge in [-0.25, -0.2) is 16.8 Å². The largest absolute Gasteiger partial charge is 1.00 e. The summed E-state index contributed by atoms with van der Waals surface area (Å²) in [7, 11) is -16.0. The molecule has 8 N–H and O–H groups in total. The van der Waals surface area contributed by atoms with E-state index in [9.17, 15) is 46.4 Å². The smallest absolute Gasteiger partial charge is 0.744 e. The van der Waals surface area contributed by atoms with E-state index in [0.29, 0.717) is 16.9 Å². The third-order valence-corrected chi connectivity index (χ3v) is 11.2. The molecule has 0 spiro atoms. The van der Waals surface area contributed by atoms with Gasteiger partial charge >= 0.3 is 139 Å².